The van der Waals surface area contributed by atoms with E-state index in [9.17, 15) is 14.7 Å². The lowest BCUT2D eigenvalue weighted by molar-refractivity contribution is -0.968. The minimum absolute atomic E-state index is 0.167. The number of carbonyl (C=O) groups excluding carboxylic acids is 2. The smallest absolute Gasteiger partial charge is 0.347 e. The third-order valence-electron chi connectivity index (χ3n) is 9.27. The first-order valence-corrected chi connectivity index (χ1v) is 14.6. The highest BCUT2D eigenvalue weighted by Crippen LogP contribution is 2.53. The summed E-state index contributed by atoms with van der Waals surface area (Å²) < 4.78 is 18.1. The van der Waals surface area contributed by atoms with E-state index in [1.54, 1.807) is 24.3 Å². The molecule has 0 amide bonds. The highest BCUT2D eigenvalue weighted by Gasteiger charge is 2.72. The van der Waals surface area contributed by atoms with Crippen molar-refractivity contribution >= 4 is 11.9 Å². The summed E-state index contributed by atoms with van der Waals surface area (Å²) in [6, 6.07) is 27.0. The molecule has 6 rings (SSSR count). The molecule has 2 unspecified atom stereocenters. The van der Waals surface area contributed by atoms with Crippen molar-refractivity contribution in [1.29, 1.82) is 0 Å². The highest BCUT2D eigenvalue weighted by atomic mass is 16.6. The SMILES string of the molecule is CCOC(=O)CCc1ccc(C[N+]2(C)[C@@H]3CC(OC(=O)C(O)(c4ccccc4)c4ccccc4)C[C@H]2[C@@H]2O[C@@H]23)cc1. The quantitative estimate of drug-likeness (QED) is 0.228. The molecule has 1 N–H and O–H groups in total. The van der Waals surface area contributed by atoms with Crippen LogP contribution in [0.15, 0.2) is 84.9 Å². The van der Waals surface area contributed by atoms with Crippen LogP contribution in [0.5, 0.6) is 0 Å². The normalized spacial score (nSPS) is 28.0. The number of epoxide rings is 1. The van der Waals surface area contributed by atoms with Gasteiger partial charge in [0.15, 0.2) is 0 Å². The number of ether oxygens (including phenoxy) is 3. The topological polar surface area (TPSA) is 85.4 Å². The van der Waals surface area contributed by atoms with Crippen molar-refractivity contribution in [2.75, 3.05) is 13.7 Å². The van der Waals surface area contributed by atoms with Gasteiger partial charge in [-0.05, 0) is 30.0 Å². The molecule has 3 saturated heterocycles. The summed E-state index contributed by atoms with van der Waals surface area (Å²) in [5.74, 6) is -0.802. The van der Waals surface area contributed by atoms with Crippen molar-refractivity contribution in [3.05, 3.63) is 107 Å². The molecule has 41 heavy (non-hydrogen) atoms. The Balaban J connectivity index is 1.15. The van der Waals surface area contributed by atoms with E-state index in [0.717, 1.165) is 16.6 Å². The van der Waals surface area contributed by atoms with Crippen LogP contribution in [0.3, 0.4) is 0 Å². The number of rotatable bonds is 10. The molecule has 0 saturated carbocycles. The molecule has 0 aromatic heterocycles. The zero-order valence-corrected chi connectivity index (χ0v) is 23.6. The maximum Gasteiger partial charge on any atom is 0.347 e. The number of likely N-dealkylation sites (N-methyl/N-ethyl adjacent to an activating group) is 1. The van der Waals surface area contributed by atoms with E-state index >= 15 is 0 Å². The zero-order valence-electron chi connectivity index (χ0n) is 23.6. The summed E-state index contributed by atoms with van der Waals surface area (Å²) in [5.41, 5.74) is 1.46. The Labute approximate surface area is 241 Å². The first-order valence-electron chi connectivity index (χ1n) is 14.6. The number of hydrogen-bond acceptors (Lipinski definition) is 6. The molecule has 7 nitrogen and oxygen atoms in total. The fourth-order valence-corrected chi connectivity index (χ4v) is 7.07. The van der Waals surface area contributed by atoms with Gasteiger partial charge in [-0.15, -0.1) is 0 Å². The van der Waals surface area contributed by atoms with Gasteiger partial charge in [0.1, 0.15) is 36.9 Å². The summed E-state index contributed by atoms with van der Waals surface area (Å²) in [7, 11) is 2.29. The fraction of sp³-hybridized carbons (Fsp3) is 0.412. The van der Waals surface area contributed by atoms with Crippen molar-refractivity contribution in [1.82, 2.24) is 0 Å². The summed E-state index contributed by atoms with van der Waals surface area (Å²) >= 11 is 0. The van der Waals surface area contributed by atoms with Gasteiger partial charge in [0, 0.05) is 24.8 Å². The Kier molecular flexibility index (Phi) is 7.45. The first kappa shape index (κ1) is 27.6. The molecule has 3 aromatic rings. The number of piperidine rings is 1. The van der Waals surface area contributed by atoms with Crippen molar-refractivity contribution in [3.63, 3.8) is 0 Å². The number of carbonyl (C=O) groups is 2. The molecular formula is C34H38NO6+. The van der Waals surface area contributed by atoms with Gasteiger partial charge < -0.3 is 23.8 Å². The van der Waals surface area contributed by atoms with Crippen molar-refractivity contribution in [2.24, 2.45) is 0 Å². The average Bonchev–Trinajstić information content (AvgIpc) is 3.76. The molecule has 7 heteroatoms. The standard InChI is InChI=1S/C34H38NO6/c1-3-39-30(36)19-18-23-14-16-24(17-15-23)22-35(2)28-20-27(21-29(35)32-31(28)41-32)40-33(37)34(38,25-10-6-4-7-11-25)26-12-8-5-9-13-26/h4-17,27-29,31-32,38H,3,18-22H2,1-2H3/q+1/t27?,28-,29+,31-,32+,35?. The number of aliphatic hydroxyl groups is 1. The third-order valence-corrected chi connectivity index (χ3v) is 9.27. The fourth-order valence-electron chi connectivity index (χ4n) is 7.07. The van der Waals surface area contributed by atoms with Gasteiger partial charge in [0.2, 0.25) is 5.60 Å². The molecule has 3 aliphatic rings. The number of aryl methyl sites for hydroxylation is 1. The second-order valence-corrected chi connectivity index (χ2v) is 11.8. The number of nitrogens with zero attached hydrogens (tertiary/aromatic N) is 1. The van der Waals surface area contributed by atoms with Crippen LogP contribution in [0.2, 0.25) is 0 Å². The second kappa shape index (κ2) is 11.0. The van der Waals surface area contributed by atoms with Crippen LogP contribution in [-0.2, 0) is 42.4 Å². The summed E-state index contributed by atoms with van der Waals surface area (Å²) in [4.78, 5) is 25.5. The van der Waals surface area contributed by atoms with Crippen LogP contribution < -0.4 is 0 Å². The largest absolute Gasteiger partial charge is 0.466 e. The minimum Gasteiger partial charge on any atom is -0.466 e. The van der Waals surface area contributed by atoms with E-state index < -0.39 is 11.6 Å². The molecule has 0 aliphatic carbocycles. The van der Waals surface area contributed by atoms with E-state index in [-0.39, 0.29) is 36.4 Å². The van der Waals surface area contributed by atoms with Gasteiger partial charge in [-0.25, -0.2) is 4.79 Å². The van der Waals surface area contributed by atoms with Crippen LogP contribution in [0, 0.1) is 0 Å². The lowest BCUT2D eigenvalue weighted by Crippen LogP contribution is -2.62. The monoisotopic (exact) mass is 556 g/mol. The lowest BCUT2D eigenvalue weighted by Gasteiger charge is -2.48. The Morgan fingerprint density at radius 3 is 1.95 bits per heavy atom. The Hall–Kier alpha value is -3.52. The van der Waals surface area contributed by atoms with Crippen LogP contribution in [0.4, 0.5) is 0 Å². The molecule has 6 atom stereocenters. The van der Waals surface area contributed by atoms with E-state index in [1.165, 1.54) is 5.56 Å². The number of fused-ring (bicyclic) bond motifs is 5. The van der Waals surface area contributed by atoms with Gasteiger partial charge in [-0.3, -0.25) is 4.79 Å². The number of hydrogen-bond donors (Lipinski definition) is 1. The maximum atomic E-state index is 13.7. The van der Waals surface area contributed by atoms with Gasteiger partial charge in [0.25, 0.3) is 0 Å². The Morgan fingerprint density at radius 2 is 1.41 bits per heavy atom. The third kappa shape index (κ3) is 5.18. The summed E-state index contributed by atoms with van der Waals surface area (Å²) in [6.07, 6.45) is 2.51. The lowest BCUT2D eigenvalue weighted by atomic mass is 9.86. The average molecular weight is 557 g/mol. The number of benzene rings is 3. The minimum atomic E-state index is -1.88. The van der Waals surface area contributed by atoms with Crippen LogP contribution in [0.25, 0.3) is 0 Å². The molecule has 0 radical (unpaired) electrons. The predicted octanol–water partition coefficient (Wildman–Crippen LogP) is 4.29. The Bertz CT molecular complexity index is 1320. The van der Waals surface area contributed by atoms with Crippen LogP contribution in [0.1, 0.15) is 48.4 Å². The number of esters is 2. The molecule has 3 aliphatic heterocycles. The van der Waals surface area contributed by atoms with Gasteiger partial charge in [-0.2, -0.15) is 0 Å². The van der Waals surface area contributed by atoms with Crippen molar-refractivity contribution in [2.45, 2.75) is 75.1 Å². The second-order valence-electron chi connectivity index (χ2n) is 11.8. The van der Waals surface area contributed by atoms with E-state index in [2.05, 4.69) is 31.3 Å². The van der Waals surface area contributed by atoms with Crippen LogP contribution in [-0.4, -0.2) is 65.6 Å². The Morgan fingerprint density at radius 1 is 0.878 bits per heavy atom. The molecular weight excluding hydrogens is 518 g/mol. The highest BCUT2D eigenvalue weighted by molar-refractivity contribution is 5.85. The molecule has 3 fully saturated rings. The maximum absolute atomic E-state index is 13.7. The van der Waals surface area contributed by atoms with Gasteiger partial charge >= 0.3 is 11.9 Å². The molecule has 3 aromatic carbocycles. The number of quaternary nitrogens is 1. The molecule has 2 bridgehead atoms. The molecule has 0 spiro atoms. The summed E-state index contributed by atoms with van der Waals surface area (Å²) in [5, 5.41) is 11.8. The molecule has 214 valence electrons. The molecule has 3 heterocycles. The van der Waals surface area contributed by atoms with E-state index in [4.69, 9.17) is 14.2 Å². The van der Waals surface area contributed by atoms with Crippen LogP contribution >= 0.6 is 0 Å². The van der Waals surface area contributed by atoms with Gasteiger partial charge in [0.05, 0.1) is 13.7 Å². The van der Waals surface area contributed by atoms with Crippen molar-refractivity contribution < 1.29 is 33.4 Å². The predicted molar refractivity (Wildman–Crippen MR) is 153 cm³/mol. The van der Waals surface area contributed by atoms with Gasteiger partial charge in [-0.1, -0.05) is 84.9 Å². The van der Waals surface area contributed by atoms with Crippen molar-refractivity contribution in [3.8, 4) is 0 Å². The number of morpholine rings is 1. The zero-order chi connectivity index (χ0) is 28.6. The van der Waals surface area contributed by atoms with E-state index in [0.29, 0.717) is 43.4 Å². The first-order chi connectivity index (χ1) is 19.8. The summed E-state index contributed by atoms with van der Waals surface area (Å²) in [6.45, 7) is 3.09. The van der Waals surface area contributed by atoms with E-state index in [1.807, 2.05) is 43.3 Å².